The minimum atomic E-state index is -0.289. The Balaban J connectivity index is 2.04. The fourth-order valence-electron chi connectivity index (χ4n) is 2.14. The number of nitrogens with zero attached hydrogens (tertiary/aromatic N) is 1. The Hall–Kier alpha value is -2.71. The second-order valence-electron chi connectivity index (χ2n) is 6.39. The normalized spacial score (nSPS) is 10.6. The van der Waals surface area contributed by atoms with E-state index in [9.17, 15) is 4.79 Å². The smallest absolute Gasteiger partial charge is 0.257 e. The molecule has 0 saturated heterocycles. The number of rotatable bonds is 2. The summed E-state index contributed by atoms with van der Waals surface area (Å²) in [6, 6.07) is 16.5. The van der Waals surface area contributed by atoms with Crippen LogP contribution < -0.4 is 10.6 Å². The van der Waals surface area contributed by atoms with E-state index in [1.165, 1.54) is 0 Å². The van der Waals surface area contributed by atoms with Crippen molar-refractivity contribution >= 4 is 28.9 Å². The minimum Gasteiger partial charge on any atom is -0.331 e. The lowest BCUT2D eigenvalue weighted by Gasteiger charge is -2.19. The molecule has 122 valence electrons. The second kappa shape index (κ2) is 7.24. The summed E-state index contributed by atoms with van der Waals surface area (Å²) in [4.78, 5) is 12.3. The van der Waals surface area contributed by atoms with Crippen LogP contribution in [0.5, 0.6) is 0 Å². The predicted octanol–water partition coefficient (Wildman–Crippen LogP) is 3.98. The van der Waals surface area contributed by atoms with Crippen LogP contribution in [-0.2, 0) is 5.41 Å². The molecule has 24 heavy (non-hydrogen) atoms. The van der Waals surface area contributed by atoms with Crippen LogP contribution in [0.3, 0.4) is 0 Å². The summed E-state index contributed by atoms with van der Waals surface area (Å²) in [7, 11) is 0. The Kier molecular flexibility index (Phi) is 5.32. The molecule has 0 spiro atoms. The Morgan fingerprint density at radius 1 is 1.08 bits per heavy atom. The molecule has 2 aromatic rings. The summed E-state index contributed by atoms with van der Waals surface area (Å²) in [5.74, 6) is -0.289. The molecule has 4 nitrogen and oxygen atoms in total. The van der Waals surface area contributed by atoms with E-state index in [2.05, 4.69) is 37.5 Å². The van der Waals surface area contributed by atoms with E-state index in [0.717, 1.165) is 5.56 Å². The predicted molar refractivity (Wildman–Crippen MR) is 100.0 cm³/mol. The average Bonchev–Trinajstić information content (AvgIpc) is 2.54. The molecule has 0 atom stereocenters. The number of para-hydroxylation sites is 1. The van der Waals surface area contributed by atoms with Gasteiger partial charge in [0.2, 0.25) is 0 Å². The molecule has 0 aliphatic carbocycles. The zero-order chi connectivity index (χ0) is 17.7. The summed E-state index contributed by atoms with van der Waals surface area (Å²) in [6.07, 6.45) is 0. The molecule has 1 amide bonds. The van der Waals surface area contributed by atoms with Crippen LogP contribution in [0.25, 0.3) is 0 Å². The summed E-state index contributed by atoms with van der Waals surface area (Å²) in [5, 5.41) is 14.7. The van der Waals surface area contributed by atoms with Crippen LogP contribution in [0.15, 0.2) is 48.5 Å². The molecular formula is C19H19N3OS. The van der Waals surface area contributed by atoms with E-state index < -0.39 is 0 Å². The summed E-state index contributed by atoms with van der Waals surface area (Å²) in [5.41, 5.74) is 2.74. The third kappa shape index (κ3) is 4.40. The first-order chi connectivity index (χ1) is 11.3. The van der Waals surface area contributed by atoms with Crippen LogP contribution in [-0.4, -0.2) is 11.0 Å². The van der Waals surface area contributed by atoms with Gasteiger partial charge in [-0.15, -0.1) is 0 Å². The van der Waals surface area contributed by atoms with Crippen molar-refractivity contribution in [2.75, 3.05) is 5.32 Å². The molecule has 2 aromatic carbocycles. The summed E-state index contributed by atoms with van der Waals surface area (Å²) < 4.78 is 0. The molecule has 0 aromatic heterocycles. The topological polar surface area (TPSA) is 64.9 Å². The number of nitriles is 1. The maximum atomic E-state index is 12.3. The van der Waals surface area contributed by atoms with E-state index in [1.54, 1.807) is 36.4 Å². The second-order valence-corrected chi connectivity index (χ2v) is 6.80. The van der Waals surface area contributed by atoms with Crippen LogP contribution in [0.2, 0.25) is 0 Å². The van der Waals surface area contributed by atoms with Crippen molar-refractivity contribution in [3.63, 3.8) is 0 Å². The highest BCUT2D eigenvalue weighted by molar-refractivity contribution is 7.80. The molecule has 2 rings (SSSR count). The Morgan fingerprint density at radius 3 is 2.29 bits per heavy atom. The summed E-state index contributed by atoms with van der Waals surface area (Å²) >= 11 is 5.15. The molecule has 5 heteroatoms. The standard InChI is InChI=1S/C19H19N3OS/c1-19(2,3)15-10-8-13(9-11-15)17(23)22-18(24)21-16-7-5-4-6-14(16)12-20/h4-11H,1-3H3,(H2,21,22,23,24). The van der Waals surface area contributed by atoms with E-state index in [4.69, 9.17) is 17.5 Å². The number of benzene rings is 2. The maximum Gasteiger partial charge on any atom is 0.257 e. The van der Waals surface area contributed by atoms with Crippen LogP contribution in [0, 0.1) is 11.3 Å². The molecule has 0 unspecified atom stereocenters. The van der Waals surface area contributed by atoms with Gasteiger partial charge in [-0.3, -0.25) is 10.1 Å². The quantitative estimate of drug-likeness (QED) is 0.814. The van der Waals surface area contributed by atoms with Gasteiger partial charge in [-0.05, 0) is 47.5 Å². The molecule has 0 saturated carbocycles. The SMILES string of the molecule is CC(C)(C)c1ccc(C(=O)NC(=S)Nc2ccccc2C#N)cc1. The molecule has 0 heterocycles. The Morgan fingerprint density at radius 2 is 1.71 bits per heavy atom. The number of amides is 1. The van der Waals surface area contributed by atoms with Crippen molar-refractivity contribution in [3.8, 4) is 6.07 Å². The van der Waals surface area contributed by atoms with Gasteiger partial charge in [0.1, 0.15) is 6.07 Å². The van der Waals surface area contributed by atoms with Crippen LogP contribution in [0.4, 0.5) is 5.69 Å². The van der Waals surface area contributed by atoms with Gasteiger partial charge in [-0.25, -0.2) is 0 Å². The lowest BCUT2D eigenvalue weighted by molar-refractivity contribution is 0.0977. The zero-order valence-electron chi connectivity index (χ0n) is 13.9. The number of thiocarbonyl (C=S) groups is 1. The Labute approximate surface area is 147 Å². The third-order valence-corrected chi connectivity index (χ3v) is 3.74. The van der Waals surface area contributed by atoms with E-state index >= 15 is 0 Å². The number of carbonyl (C=O) groups is 1. The van der Waals surface area contributed by atoms with E-state index in [1.807, 2.05) is 12.1 Å². The first-order valence-electron chi connectivity index (χ1n) is 7.53. The maximum absolute atomic E-state index is 12.3. The fourth-order valence-corrected chi connectivity index (χ4v) is 2.34. The molecular weight excluding hydrogens is 318 g/mol. The largest absolute Gasteiger partial charge is 0.331 e. The van der Waals surface area contributed by atoms with Crippen molar-refractivity contribution in [2.45, 2.75) is 26.2 Å². The van der Waals surface area contributed by atoms with Gasteiger partial charge in [0.15, 0.2) is 5.11 Å². The molecule has 0 bridgehead atoms. The number of anilines is 1. The van der Waals surface area contributed by atoms with Crippen molar-refractivity contribution in [2.24, 2.45) is 0 Å². The number of carbonyl (C=O) groups excluding carboxylic acids is 1. The molecule has 0 radical (unpaired) electrons. The fraction of sp³-hybridized carbons (Fsp3) is 0.211. The molecule has 2 N–H and O–H groups in total. The van der Waals surface area contributed by atoms with E-state index in [-0.39, 0.29) is 16.4 Å². The first-order valence-corrected chi connectivity index (χ1v) is 7.94. The van der Waals surface area contributed by atoms with Crippen molar-refractivity contribution in [3.05, 3.63) is 65.2 Å². The van der Waals surface area contributed by atoms with Gasteiger partial charge in [-0.1, -0.05) is 45.0 Å². The lowest BCUT2D eigenvalue weighted by Crippen LogP contribution is -2.34. The Bertz CT molecular complexity index is 799. The number of nitrogens with one attached hydrogen (secondary N) is 2. The highest BCUT2D eigenvalue weighted by atomic mass is 32.1. The first kappa shape index (κ1) is 17.6. The molecule has 0 fully saturated rings. The monoisotopic (exact) mass is 337 g/mol. The van der Waals surface area contributed by atoms with Gasteiger partial charge < -0.3 is 5.32 Å². The molecule has 0 aliphatic rings. The minimum absolute atomic E-state index is 0.0346. The summed E-state index contributed by atoms with van der Waals surface area (Å²) in [6.45, 7) is 6.36. The van der Waals surface area contributed by atoms with Crippen molar-refractivity contribution in [1.82, 2.24) is 5.32 Å². The van der Waals surface area contributed by atoms with Crippen LogP contribution in [0.1, 0.15) is 42.3 Å². The van der Waals surface area contributed by atoms with Gasteiger partial charge >= 0.3 is 0 Å². The van der Waals surface area contributed by atoms with Gasteiger partial charge in [0.25, 0.3) is 5.91 Å². The van der Waals surface area contributed by atoms with Gasteiger partial charge in [0, 0.05) is 5.56 Å². The van der Waals surface area contributed by atoms with Crippen molar-refractivity contribution in [1.29, 1.82) is 5.26 Å². The number of hydrogen-bond donors (Lipinski definition) is 2. The lowest BCUT2D eigenvalue weighted by atomic mass is 9.87. The average molecular weight is 337 g/mol. The van der Waals surface area contributed by atoms with E-state index in [0.29, 0.717) is 16.8 Å². The van der Waals surface area contributed by atoms with Gasteiger partial charge in [0.05, 0.1) is 11.3 Å². The highest BCUT2D eigenvalue weighted by Crippen LogP contribution is 2.22. The van der Waals surface area contributed by atoms with Gasteiger partial charge in [-0.2, -0.15) is 5.26 Å². The highest BCUT2D eigenvalue weighted by Gasteiger charge is 2.15. The number of hydrogen-bond acceptors (Lipinski definition) is 3. The van der Waals surface area contributed by atoms with Crippen LogP contribution >= 0.6 is 12.2 Å². The third-order valence-electron chi connectivity index (χ3n) is 3.54. The molecule has 0 aliphatic heterocycles. The van der Waals surface area contributed by atoms with Crippen molar-refractivity contribution < 1.29 is 4.79 Å². The zero-order valence-corrected chi connectivity index (χ0v) is 14.7.